The molecule has 28 heavy (non-hydrogen) atoms. The van der Waals surface area contributed by atoms with Crippen LogP contribution in [0.1, 0.15) is 15.9 Å². The van der Waals surface area contributed by atoms with Gasteiger partial charge in [0.25, 0.3) is 0 Å². The number of hydrogen-bond acceptors (Lipinski definition) is 2. The van der Waals surface area contributed by atoms with Gasteiger partial charge < -0.3 is 5.11 Å². The quantitative estimate of drug-likeness (QED) is 0.475. The van der Waals surface area contributed by atoms with Gasteiger partial charge in [0.15, 0.2) is 6.29 Å². The molecule has 0 saturated heterocycles. The third kappa shape index (κ3) is 2.94. The summed E-state index contributed by atoms with van der Waals surface area (Å²) in [5, 5.41) is 9.24. The number of rotatable bonds is 6. The topological polar surface area (TPSA) is 37.3 Å². The van der Waals surface area contributed by atoms with Gasteiger partial charge >= 0.3 is 35.8 Å². The van der Waals surface area contributed by atoms with E-state index in [0.717, 1.165) is 0 Å². The molecule has 0 radical (unpaired) electrons. The van der Waals surface area contributed by atoms with Gasteiger partial charge in [0, 0.05) is 0 Å². The Hall–Kier alpha value is -2.22. The molecule has 0 amide bonds. The summed E-state index contributed by atoms with van der Waals surface area (Å²) >= 11 is 0. The molecule has 1 aromatic carbocycles. The van der Waals surface area contributed by atoms with Crippen LogP contribution in [0.3, 0.4) is 0 Å². The molecule has 0 fully saturated rings. The molecule has 160 valence electrons. The molecule has 0 bridgehead atoms. The summed E-state index contributed by atoms with van der Waals surface area (Å²) in [5.74, 6) is -40.2. The predicted molar refractivity (Wildman–Crippen MR) is 63.2 cm³/mol. The number of para-hydroxylation sites is 1. The highest BCUT2D eigenvalue weighted by Crippen LogP contribution is 2.62. The number of aldehydes is 1. The van der Waals surface area contributed by atoms with E-state index in [0.29, 0.717) is 12.1 Å². The molecule has 0 aliphatic carbocycles. The summed E-state index contributed by atoms with van der Waals surface area (Å²) < 4.78 is 169. The standard InChI is InChI=1S/C13H5F13O2/c14-8(15,6-3-1-2-5(4-27)7(6)28)9(16,17)10(18,19)11(20,21)12(22,23)13(24,25)26/h1-4,28H. The van der Waals surface area contributed by atoms with E-state index in [1.54, 1.807) is 0 Å². The van der Waals surface area contributed by atoms with E-state index in [4.69, 9.17) is 0 Å². The van der Waals surface area contributed by atoms with E-state index in [9.17, 15) is 67.0 Å². The molecule has 0 heterocycles. The van der Waals surface area contributed by atoms with Crippen molar-refractivity contribution in [3.8, 4) is 5.75 Å². The zero-order valence-electron chi connectivity index (χ0n) is 12.6. The van der Waals surface area contributed by atoms with Crippen LogP contribution in [0.4, 0.5) is 57.1 Å². The average molecular weight is 440 g/mol. The lowest BCUT2D eigenvalue weighted by Crippen LogP contribution is -2.69. The summed E-state index contributed by atoms with van der Waals surface area (Å²) in [4.78, 5) is 10.5. The summed E-state index contributed by atoms with van der Waals surface area (Å²) in [7, 11) is 0. The van der Waals surface area contributed by atoms with Crippen molar-refractivity contribution in [1.82, 2.24) is 0 Å². The van der Waals surface area contributed by atoms with Crippen LogP contribution >= 0.6 is 0 Å². The Morgan fingerprint density at radius 1 is 0.679 bits per heavy atom. The van der Waals surface area contributed by atoms with Crippen LogP contribution in [-0.2, 0) is 5.92 Å². The lowest BCUT2D eigenvalue weighted by molar-refractivity contribution is -0.441. The number of halogens is 13. The van der Waals surface area contributed by atoms with Crippen LogP contribution < -0.4 is 0 Å². The Kier molecular flexibility index (Phi) is 5.45. The van der Waals surface area contributed by atoms with Crippen molar-refractivity contribution < 1.29 is 67.0 Å². The Labute approximate surface area is 145 Å². The molecule has 0 atom stereocenters. The van der Waals surface area contributed by atoms with E-state index < -0.39 is 59.0 Å². The van der Waals surface area contributed by atoms with Gasteiger partial charge in [-0.1, -0.05) is 6.07 Å². The van der Waals surface area contributed by atoms with E-state index >= 15 is 0 Å². The van der Waals surface area contributed by atoms with Crippen molar-refractivity contribution in [2.75, 3.05) is 0 Å². The summed E-state index contributed by atoms with van der Waals surface area (Å²) in [6, 6.07) is 0.528. The fourth-order valence-corrected chi connectivity index (χ4v) is 1.85. The first-order chi connectivity index (χ1) is 12.2. The van der Waals surface area contributed by atoms with Gasteiger partial charge in [0.05, 0.1) is 11.1 Å². The molecular formula is C13H5F13O2. The fraction of sp³-hybridized carbons (Fsp3) is 0.462. The highest BCUT2D eigenvalue weighted by Gasteiger charge is 2.91. The molecular weight excluding hydrogens is 435 g/mol. The normalized spacial score (nSPS) is 14.9. The molecule has 0 aliphatic heterocycles. The maximum Gasteiger partial charge on any atom is 0.460 e. The molecule has 1 N–H and O–H groups in total. The fourth-order valence-electron chi connectivity index (χ4n) is 1.85. The molecule has 0 aliphatic rings. The lowest BCUT2D eigenvalue weighted by atomic mass is 9.89. The number of benzene rings is 1. The van der Waals surface area contributed by atoms with Gasteiger partial charge in [-0.05, 0) is 12.1 Å². The Bertz CT molecular complexity index is 751. The zero-order chi connectivity index (χ0) is 22.6. The number of aromatic hydroxyl groups is 1. The van der Waals surface area contributed by atoms with Gasteiger partial charge in [-0.2, -0.15) is 57.1 Å². The number of carbonyl (C=O) groups is 1. The third-order valence-corrected chi connectivity index (χ3v) is 3.47. The first kappa shape index (κ1) is 23.8. The van der Waals surface area contributed by atoms with Crippen LogP contribution in [0.5, 0.6) is 5.75 Å². The summed E-state index contributed by atoms with van der Waals surface area (Å²) in [6.07, 6.45) is -7.96. The molecule has 0 spiro atoms. The van der Waals surface area contributed by atoms with Crippen molar-refractivity contribution in [2.45, 2.75) is 35.8 Å². The maximum absolute atomic E-state index is 13.9. The van der Waals surface area contributed by atoms with Crippen LogP contribution in [0.2, 0.25) is 0 Å². The van der Waals surface area contributed by atoms with Gasteiger partial charge in [-0.25, -0.2) is 0 Å². The van der Waals surface area contributed by atoms with E-state index in [1.165, 1.54) is 0 Å². The molecule has 1 aromatic rings. The highest BCUT2D eigenvalue weighted by molar-refractivity contribution is 5.80. The van der Waals surface area contributed by atoms with Crippen LogP contribution in [0, 0.1) is 0 Å². The van der Waals surface area contributed by atoms with Gasteiger partial charge in [0.2, 0.25) is 0 Å². The maximum atomic E-state index is 13.9. The minimum Gasteiger partial charge on any atom is -0.507 e. The summed E-state index contributed by atoms with van der Waals surface area (Å²) in [6.45, 7) is 0. The van der Waals surface area contributed by atoms with E-state index in [-0.39, 0.29) is 6.07 Å². The molecule has 0 saturated carbocycles. The van der Waals surface area contributed by atoms with Gasteiger partial charge in [-0.15, -0.1) is 0 Å². The molecule has 0 unspecified atom stereocenters. The van der Waals surface area contributed by atoms with Crippen LogP contribution in [0.25, 0.3) is 0 Å². The Morgan fingerprint density at radius 2 is 1.11 bits per heavy atom. The summed E-state index contributed by atoms with van der Waals surface area (Å²) in [5.41, 5.74) is -3.81. The minimum absolute atomic E-state index is 0.258. The van der Waals surface area contributed by atoms with Crippen molar-refractivity contribution in [3.63, 3.8) is 0 Å². The Balaban J connectivity index is 3.69. The largest absolute Gasteiger partial charge is 0.507 e. The van der Waals surface area contributed by atoms with E-state index in [2.05, 4.69) is 0 Å². The second-order valence-corrected chi connectivity index (χ2v) is 5.23. The molecule has 1 rings (SSSR count). The van der Waals surface area contributed by atoms with Crippen molar-refractivity contribution >= 4 is 6.29 Å². The van der Waals surface area contributed by atoms with Crippen molar-refractivity contribution in [1.29, 1.82) is 0 Å². The number of phenols is 1. The third-order valence-electron chi connectivity index (χ3n) is 3.47. The van der Waals surface area contributed by atoms with Crippen molar-refractivity contribution in [2.24, 2.45) is 0 Å². The minimum atomic E-state index is -8.04. The van der Waals surface area contributed by atoms with Crippen LogP contribution in [0.15, 0.2) is 18.2 Å². The average Bonchev–Trinajstić information content (AvgIpc) is 2.52. The molecule has 2 nitrogen and oxygen atoms in total. The second-order valence-electron chi connectivity index (χ2n) is 5.23. The zero-order valence-corrected chi connectivity index (χ0v) is 12.6. The second kappa shape index (κ2) is 6.40. The van der Waals surface area contributed by atoms with Crippen LogP contribution in [-0.4, -0.2) is 41.3 Å². The SMILES string of the molecule is O=Cc1cccc(C(F)(F)C(F)(F)C(F)(F)C(F)(F)C(F)(F)C(F)(F)F)c1O. The number of hydrogen-bond donors (Lipinski definition) is 1. The lowest BCUT2D eigenvalue weighted by Gasteiger charge is -2.39. The molecule has 0 aromatic heterocycles. The molecule has 15 heteroatoms. The smallest absolute Gasteiger partial charge is 0.460 e. The predicted octanol–water partition coefficient (Wildman–Crippen LogP) is 5.40. The monoisotopic (exact) mass is 440 g/mol. The Morgan fingerprint density at radius 3 is 1.50 bits per heavy atom. The number of phenolic OH excluding ortho intramolecular Hbond substituents is 1. The first-order valence-corrected chi connectivity index (χ1v) is 6.45. The highest BCUT2D eigenvalue weighted by atomic mass is 19.4. The number of carbonyl (C=O) groups excluding carboxylic acids is 1. The van der Waals surface area contributed by atoms with Gasteiger partial charge in [-0.3, -0.25) is 4.79 Å². The first-order valence-electron chi connectivity index (χ1n) is 6.45. The van der Waals surface area contributed by atoms with E-state index in [1.807, 2.05) is 0 Å². The number of alkyl halides is 13. The van der Waals surface area contributed by atoms with Gasteiger partial charge in [0.1, 0.15) is 5.75 Å². The van der Waals surface area contributed by atoms with Crippen molar-refractivity contribution in [3.05, 3.63) is 29.3 Å².